The van der Waals surface area contributed by atoms with Gasteiger partial charge in [0.05, 0.1) is 6.42 Å². The van der Waals surface area contributed by atoms with Gasteiger partial charge in [-0.25, -0.2) is 0 Å². The lowest BCUT2D eigenvalue weighted by molar-refractivity contribution is -0.136. The predicted octanol–water partition coefficient (Wildman–Crippen LogP) is 3.12. The van der Waals surface area contributed by atoms with Crippen molar-refractivity contribution in [2.45, 2.75) is 18.2 Å². The van der Waals surface area contributed by atoms with Crippen LogP contribution in [0.4, 0.5) is 0 Å². The number of rotatable bonds is 10. The zero-order chi connectivity index (χ0) is 26.1. The molecule has 0 aromatic heterocycles. The zero-order valence-electron chi connectivity index (χ0n) is 19.3. The standard InChI is InChI=1S/C26H24N2O7S/c1-18-7-13-22(14-8-18)36(33,34)35-21-11-9-19(10-12-21)17-23(26(32)27-16-15-24(29)30)28-25(31)20-5-3-2-4-6-20/h2-14,17H,15-16H2,1H3,(H,27,32)(H,28,31)(H,29,30)/b23-17+. The first-order chi connectivity index (χ1) is 17.1. The molecule has 3 rings (SSSR count). The fraction of sp³-hybridized carbons (Fsp3) is 0.115. The van der Waals surface area contributed by atoms with Crippen LogP contribution in [-0.4, -0.2) is 37.9 Å². The third kappa shape index (κ3) is 7.54. The van der Waals surface area contributed by atoms with Gasteiger partial charge in [0.1, 0.15) is 16.3 Å². The second-order valence-electron chi connectivity index (χ2n) is 7.70. The van der Waals surface area contributed by atoms with E-state index in [1.54, 1.807) is 42.5 Å². The summed E-state index contributed by atoms with van der Waals surface area (Å²) in [6, 6.07) is 20.3. The molecule has 3 N–H and O–H groups in total. The van der Waals surface area contributed by atoms with Crippen molar-refractivity contribution < 1.29 is 32.1 Å². The largest absolute Gasteiger partial charge is 0.481 e. The molecule has 0 fully saturated rings. The third-order valence-electron chi connectivity index (χ3n) is 4.86. The Hall–Kier alpha value is -4.44. The van der Waals surface area contributed by atoms with Crippen molar-refractivity contribution in [3.05, 3.63) is 101 Å². The fourth-order valence-electron chi connectivity index (χ4n) is 2.99. The smallest absolute Gasteiger partial charge is 0.339 e. The second kappa shape index (κ2) is 11.8. The lowest BCUT2D eigenvalue weighted by Gasteiger charge is -2.11. The van der Waals surface area contributed by atoms with Gasteiger partial charge in [0.2, 0.25) is 0 Å². The minimum Gasteiger partial charge on any atom is -0.481 e. The maximum atomic E-state index is 12.6. The van der Waals surface area contributed by atoms with Crippen molar-refractivity contribution in [3.8, 4) is 5.75 Å². The van der Waals surface area contributed by atoms with E-state index in [1.807, 2.05) is 6.92 Å². The third-order valence-corrected chi connectivity index (χ3v) is 6.12. The SMILES string of the molecule is Cc1ccc(S(=O)(=O)Oc2ccc(/C=C(/NC(=O)c3ccccc3)C(=O)NCCC(=O)O)cc2)cc1. The average molecular weight is 509 g/mol. The molecule has 0 heterocycles. The van der Waals surface area contributed by atoms with Crippen LogP contribution < -0.4 is 14.8 Å². The summed E-state index contributed by atoms with van der Waals surface area (Å²) in [7, 11) is -4.03. The first-order valence-electron chi connectivity index (χ1n) is 10.8. The highest BCUT2D eigenvalue weighted by Crippen LogP contribution is 2.20. The number of aliphatic carboxylic acids is 1. The predicted molar refractivity (Wildman–Crippen MR) is 133 cm³/mol. The van der Waals surface area contributed by atoms with Crippen molar-refractivity contribution in [1.29, 1.82) is 0 Å². The van der Waals surface area contributed by atoms with Gasteiger partial charge < -0.3 is 19.9 Å². The number of carboxylic acids is 1. The van der Waals surface area contributed by atoms with Crippen LogP contribution in [0.25, 0.3) is 6.08 Å². The molecule has 9 nitrogen and oxygen atoms in total. The van der Waals surface area contributed by atoms with E-state index in [2.05, 4.69) is 10.6 Å². The lowest BCUT2D eigenvalue weighted by Crippen LogP contribution is -2.35. The molecule has 0 unspecified atom stereocenters. The summed E-state index contributed by atoms with van der Waals surface area (Å²) in [5.41, 5.74) is 1.58. The van der Waals surface area contributed by atoms with E-state index in [1.165, 1.54) is 42.5 Å². The summed E-state index contributed by atoms with van der Waals surface area (Å²) in [5, 5.41) is 13.8. The molecule has 0 bridgehead atoms. The minimum absolute atomic E-state index is 0.0148. The number of benzene rings is 3. The molecule has 0 aliphatic carbocycles. The number of carbonyl (C=O) groups is 3. The normalized spacial score (nSPS) is 11.4. The number of carboxylic acid groups (broad SMARTS) is 1. The van der Waals surface area contributed by atoms with Gasteiger partial charge in [-0.1, -0.05) is 48.0 Å². The van der Waals surface area contributed by atoms with E-state index in [0.717, 1.165) is 5.56 Å². The van der Waals surface area contributed by atoms with Crippen LogP contribution in [0.15, 0.2) is 89.5 Å². The van der Waals surface area contributed by atoms with E-state index in [4.69, 9.17) is 9.29 Å². The fourth-order valence-corrected chi connectivity index (χ4v) is 3.92. The van der Waals surface area contributed by atoms with Crippen molar-refractivity contribution >= 4 is 34.0 Å². The molecule has 0 aliphatic rings. The summed E-state index contributed by atoms with van der Waals surface area (Å²) >= 11 is 0. The van der Waals surface area contributed by atoms with Crippen LogP contribution in [0.5, 0.6) is 5.75 Å². The topological polar surface area (TPSA) is 139 Å². The van der Waals surface area contributed by atoms with Crippen LogP contribution >= 0.6 is 0 Å². The van der Waals surface area contributed by atoms with Gasteiger partial charge in [0, 0.05) is 12.1 Å². The molecular weight excluding hydrogens is 484 g/mol. The molecule has 186 valence electrons. The molecular formula is C26H24N2O7S. The van der Waals surface area contributed by atoms with E-state index in [-0.39, 0.29) is 29.3 Å². The van der Waals surface area contributed by atoms with E-state index >= 15 is 0 Å². The maximum Gasteiger partial charge on any atom is 0.339 e. The Morgan fingerprint density at radius 2 is 1.56 bits per heavy atom. The summed E-state index contributed by atoms with van der Waals surface area (Å²) < 4.78 is 30.2. The summed E-state index contributed by atoms with van der Waals surface area (Å²) in [6.45, 7) is 1.71. The molecule has 0 atom stereocenters. The number of hydrogen-bond donors (Lipinski definition) is 3. The monoisotopic (exact) mass is 508 g/mol. The molecule has 0 aliphatic heterocycles. The highest BCUT2D eigenvalue weighted by atomic mass is 32.2. The van der Waals surface area contributed by atoms with Crippen LogP contribution in [0, 0.1) is 6.92 Å². The average Bonchev–Trinajstić information content (AvgIpc) is 2.85. The quantitative estimate of drug-likeness (QED) is 0.282. The molecule has 0 saturated carbocycles. The molecule has 0 radical (unpaired) electrons. The molecule has 10 heteroatoms. The number of carbonyl (C=O) groups excluding carboxylic acids is 2. The number of amides is 2. The van der Waals surface area contributed by atoms with Crippen molar-refractivity contribution in [3.63, 3.8) is 0 Å². The van der Waals surface area contributed by atoms with Gasteiger partial charge in [-0.2, -0.15) is 8.42 Å². The van der Waals surface area contributed by atoms with Crippen LogP contribution in [0.2, 0.25) is 0 Å². The van der Waals surface area contributed by atoms with Crippen molar-refractivity contribution in [2.24, 2.45) is 0 Å². The van der Waals surface area contributed by atoms with E-state index in [9.17, 15) is 22.8 Å². The van der Waals surface area contributed by atoms with Gasteiger partial charge in [0.25, 0.3) is 11.8 Å². The van der Waals surface area contributed by atoms with Crippen LogP contribution in [-0.2, 0) is 19.7 Å². The first kappa shape index (κ1) is 26.2. The molecule has 3 aromatic rings. The summed E-state index contributed by atoms with van der Waals surface area (Å²) in [5.74, 6) is -2.22. The molecule has 0 spiro atoms. The highest BCUT2D eigenvalue weighted by molar-refractivity contribution is 7.87. The Bertz CT molecular complexity index is 1370. The van der Waals surface area contributed by atoms with Gasteiger partial charge in [-0.3, -0.25) is 14.4 Å². The number of hydrogen-bond acceptors (Lipinski definition) is 6. The van der Waals surface area contributed by atoms with Crippen LogP contribution in [0.3, 0.4) is 0 Å². The zero-order valence-corrected chi connectivity index (χ0v) is 20.1. The van der Waals surface area contributed by atoms with Crippen molar-refractivity contribution in [1.82, 2.24) is 10.6 Å². The first-order valence-corrected chi connectivity index (χ1v) is 12.2. The van der Waals surface area contributed by atoms with Gasteiger partial charge in [0.15, 0.2) is 0 Å². The Morgan fingerprint density at radius 1 is 0.917 bits per heavy atom. The summed E-state index contributed by atoms with van der Waals surface area (Å²) in [4.78, 5) is 36.0. The van der Waals surface area contributed by atoms with Gasteiger partial charge >= 0.3 is 16.1 Å². The minimum atomic E-state index is -4.03. The van der Waals surface area contributed by atoms with Gasteiger partial charge in [-0.05, 0) is 55.0 Å². The van der Waals surface area contributed by atoms with E-state index in [0.29, 0.717) is 11.1 Å². The molecule has 36 heavy (non-hydrogen) atoms. The Kier molecular flexibility index (Phi) is 8.58. The molecule has 0 saturated heterocycles. The van der Waals surface area contributed by atoms with Crippen LogP contribution in [0.1, 0.15) is 27.9 Å². The van der Waals surface area contributed by atoms with Crippen molar-refractivity contribution in [2.75, 3.05) is 6.54 Å². The maximum absolute atomic E-state index is 12.6. The number of aryl methyl sites for hydroxylation is 1. The number of nitrogens with one attached hydrogen (secondary N) is 2. The lowest BCUT2D eigenvalue weighted by atomic mass is 10.1. The van der Waals surface area contributed by atoms with E-state index < -0.39 is 27.9 Å². The second-order valence-corrected chi connectivity index (χ2v) is 9.24. The molecule has 3 aromatic carbocycles. The van der Waals surface area contributed by atoms with Gasteiger partial charge in [-0.15, -0.1) is 0 Å². The summed E-state index contributed by atoms with van der Waals surface area (Å²) in [6.07, 6.45) is 1.10. The molecule has 2 amide bonds. The Labute approximate surface area is 208 Å². The Morgan fingerprint density at radius 3 is 2.17 bits per heavy atom. The Balaban J connectivity index is 1.79. The highest BCUT2D eigenvalue weighted by Gasteiger charge is 2.17.